The van der Waals surface area contributed by atoms with E-state index in [0.29, 0.717) is 18.3 Å². The maximum Gasteiger partial charge on any atom is 0.249 e. The predicted octanol–water partition coefficient (Wildman–Crippen LogP) is 5.15. The van der Waals surface area contributed by atoms with E-state index in [2.05, 4.69) is 23.6 Å². The number of rotatable bonds is 11. The SMILES string of the molecule is C=Cc1cc(-c2noc([C@@H]3CCCN3C(=N)N)n2)ccc1OCCCCCCCC. The highest BCUT2D eigenvalue weighted by Gasteiger charge is 2.31. The number of likely N-dealkylation sites (tertiary alicyclic amines) is 1. The van der Waals surface area contributed by atoms with Crippen LogP contribution in [-0.4, -0.2) is 34.2 Å². The fourth-order valence-corrected chi connectivity index (χ4v) is 3.84. The molecule has 1 aromatic heterocycles. The van der Waals surface area contributed by atoms with Gasteiger partial charge in [0.25, 0.3) is 0 Å². The van der Waals surface area contributed by atoms with E-state index in [1.165, 1.54) is 32.1 Å². The van der Waals surface area contributed by atoms with Gasteiger partial charge in [-0.05, 0) is 37.5 Å². The van der Waals surface area contributed by atoms with Crippen molar-refractivity contribution in [3.63, 3.8) is 0 Å². The lowest BCUT2D eigenvalue weighted by atomic mass is 10.1. The highest BCUT2D eigenvalue weighted by Crippen LogP contribution is 2.32. The minimum atomic E-state index is -0.123. The van der Waals surface area contributed by atoms with Crippen LogP contribution < -0.4 is 10.5 Å². The number of aromatic nitrogens is 2. The number of nitrogens with zero attached hydrogens (tertiary/aromatic N) is 3. The number of nitrogens with one attached hydrogen (secondary N) is 1. The van der Waals surface area contributed by atoms with Crippen molar-refractivity contribution in [2.75, 3.05) is 13.2 Å². The topological polar surface area (TPSA) is 101 Å². The number of nitrogens with two attached hydrogens (primary N) is 1. The largest absolute Gasteiger partial charge is 0.493 e. The van der Waals surface area contributed by atoms with E-state index in [0.717, 1.165) is 42.7 Å². The van der Waals surface area contributed by atoms with Crippen molar-refractivity contribution in [1.82, 2.24) is 15.0 Å². The van der Waals surface area contributed by atoms with Gasteiger partial charge in [0.1, 0.15) is 11.8 Å². The molecule has 0 amide bonds. The van der Waals surface area contributed by atoms with Crippen molar-refractivity contribution in [3.8, 4) is 17.1 Å². The molecule has 1 saturated heterocycles. The summed E-state index contributed by atoms with van der Waals surface area (Å²) >= 11 is 0. The van der Waals surface area contributed by atoms with Gasteiger partial charge in [-0.3, -0.25) is 5.41 Å². The third-order valence-electron chi connectivity index (χ3n) is 5.53. The van der Waals surface area contributed by atoms with E-state index in [-0.39, 0.29) is 12.0 Å². The quantitative estimate of drug-likeness (QED) is 0.301. The molecule has 1 aliphatic heterocycles. The zero-order chi connectivity index (χ0) is 21.3. The zero-order valence-corrected chi connectivity index (χ0v) is 17.9. The number of ether oxygens (including phenoxy) is 1. The van der Waals surface area contributed by atoms with Gasteiger partial charge in [0, 0.05) is 17.7 Å². The molecule has 2 heterocycles. The summed E-state index contributed by atoms with van der Waals surface area (Å²) in [7, 11) is 0. The molecule has 0 bridgehead atoms. The number of benzene rings is 1. The molecule has 0 spiro atoms. The summed E-state index contributed by atoms with van der Waals surface area (Å²) in [6, 6.07) is 5.73. The Hall–Kier alpha value is -2.83. The van der Waals surface area contributed by atoms with Gasteiger partial charge in [-0.2, -0.15) is 4.98 Å². The lowest BCUT2D eigenvalue weighted by Crippen LogP contribution is -2.35. The van der Waals surface area contributed by atoms with Gasteiger partial charge in [0.15, 0.2) is 5.96 Å². The minimum absolute atomic E-state index is 0.0399. The van der Waals surface area contributed by atoms with Crippen LogP contribution in [0.1, 0.15) is 75.8 Å². The summed E-state index contributed by atoms with van der Waals surface area (Å²) in [5, 5.41) is 11.9. The van der Waals surface area contributed by atoms with Crippen LogP contribution in [0.2, 0.25) is 0 Å². The molecule has 162 valence electrons. The Morgan fingerprint density at radius 2 is 2.13 bits per heavy atom. The molecule has 1 aromatic carbocycles. The monoisotopic (exact) mass is 411 g/mol. The van der Waals surface area contributed by atoms with Crippen molar-refractivity contribution in [2.24, 2.45) is 5.73 Å². The first kappa shape index (κ1) is 21.9. The molecule has 0 radical (unpaired) electrons. The molecule has 1 aliphatic rings. The molecule has 0 aliphatic carbocycles. The standard InChI is InChI=1S/C23H33N5O2/c1-3-5-6-7-8-9-15-29-20-13-12-18(16-17(20)4-2)21-26-22(30-27-21)19-11-10-14-28(19)23(24)25/h4,12-13,16,19H,2-3,5-11,14-15H2,1H3,(H3,24,25)/t19-/m0/s1. The fourth-order valence-electron chi connectivity index (χ4n) is 3.84. The summed E-state index contributed by atoms with van der Waals surface area (Å²) in [6.45, 7) is 7.59. The van der Waals surface area contributed by atoms with Crippen LogP contribution in [0.25, 0.3) is 17.5 Å². The Bertz CT molecular complexity index is 848. The minimum Gasteiger partial charge on any atom is -0.493 e. The van der Waals surface area contributed by atoms with E-state index in [1.54, 1.807) is 11.0 Å². The molecule has 2 aromatic rings. The van der Waals surface area contributed by atoms with Gasteiger partial charge in [0.2, 0.25) is 11.7 Å². The molecule has 7 heteroatoms. The molecule has 0 saturated carbocycles. The second-order valence-corrected chi connectivity index (χ2v) is 7.77. The van der Waals surface area contributed by atoms with Gasteiger partial charge in [-0.15, -0.1) is 0 Å². The van der Waals surface area contributed by atoms with Crippen LogP contribution in [0.4, 0.5) is 0 Å². The third kappa shape index (κ3) is 5.40. The summed E-state index contributed by atoms with van der Waals surface area (Å²) in [5.41, 5.74) is 7.43. The Balaban J connectivity index is 1.62. The Kier molecular flexibility index (Phi) is 7.88. The Morgan fingerprint density at radius 1 is 1.33 bits per heavy atom. The van der Waals surface area contributed by atoms with Gasteiger partial charge >= 0.3 is 0 Å². The van der Waals surface area contributed by atoms with E-state index < -0.39 is 0 Å². The summed E-state index contributed by atoms with van der Waals surface area (Å²) < 4.78 is 11.5. The maximum absolute atomic E-state index is 7.72. The van der Waals surface area contributed by atoms with Crippen LogP contribution >= 0.6 is 0 Å². The second-order valence-electron chi connectivity index (χ2n) is 7.77. The molecule has 30 heavy (non-hydrogen) atoms. The van der Waals surface area contributed by atoms with Crippen LogP contribution in [0.5, 0.6) is 5.75 Å². The number of hydrogen-bond donors (Lipinski definition) is 2. The lowest BCUT2D eigenvalue weighted by Gasteiger charge is -2.21. The molecular weight excluding hydrogens is 378 g/mol. The second kappa shape index (κ2) is 10.8. The molecule has 0 unspecified atom stereocenters. The smallest absolute Gasteiger partial charge is 0.249 e. The molecule has 1 atom stereocenters. The Morgan fingerprint density at radius 3 is 2.90 bits per heavy atom. The van der Waals surface area contributed by atoms with E-state index in [9.17, 15) is 0 Å². The highest BCUT2D eigenvalue weighted by atomic mass is 16.5. The average molecular weight is 412 g/mol. The van der Waals surface area contributed by atoms with Crippen LogP contribution in [0.15, 0.2) is 29.3 Å². The number of unbranched alkanes of at least 4 members (excludes halogenated alkanes) is 5. The average Bonchev–Trinajstić information content (AvgIpc) is 3.42. The van der Waals surface area contributed by atoms with Gasteiger partial charge in [-0.25, -0.2) is 0 Å². The van der Waals surface area contributed by atoms with Gasteiger partial charge in [0.05, 0.1) is 6.61 Å². The van der Waals surface area contributed by atoms with E-state index >= 15 is 0 Å². The van der Waals surface area contributed by atoms with E-state index in [4.69, 9.17) is 20.4 Å². The molecule has 3 N–H and O–H groups in total. The number of hydrogen-bond acceptors (Lipinski definition) is 5. The van der Waals surface area contributed by atoms with Crippen molar-refractivity contribution >= 4 is 12.0 Å². The third-order valence-corrected chi connectivity index (χ3v) is 5.53. The van der Waals surface area contributed by atoms with Gasteiger partial charge < -0.3 is 19.9 Å². The normalized spacial score (nSPS) is 16.0. The number of guanidine groups is 1. The van der Waals surface area contributed by atoms with Crippen molar-refractivity contribution in [1.29, 1.82) is 5.41 Å². The molecule has 7 nitrogen and oxygen atoms in total. The highest BCUT2D eigenvalue weighted by molar-refractivity contribution is 5.75. The zero-order valence-electron chi connectivity index (χ0n) is 17.9. The fraction of sp³-hybridized carbons (Fsp3) is 0.522. The first-order valence-electron chi connectivity index (χ1n) is 11.0. The van der Waals surface area contributed by atoms with Crippen molar-refractivity contribution in [2.45, 2.75) is 64.3 Å². The summed E-state index contributed by atoms with van der Waals surface area (Å²) in [5.74, 6) is 1.88. The molecule has 3 rings (SSSR count). The Labute approximate surface area is 178 Å². The van der Waals surface area contributed by atoms with Crippen LogP contribution in [0.3, 0.4) is 0 Å². The molecular formula is C23H33N5O2. The van der Waals surface area contributed by atoms with Gasteiger partial charge in [-0.1, -0.05) is 56.8 Å². The maximum atomic E-state index is 7.72. The van der Waals surface area contributed by atoms with Crippen LogP contribution in [0, 0.1) is 5.41 Å². The van der Waals surface area contributed by atoms with E-state index in [1.807, 2.05) is 18.2 Å². The van der Waals surface area contributed by atoms with Crippen molar-refractivity contribution < 1.29 is 9.26 Å². The predicted molar refractivity (Wildman–Crippen MR) is 119 cm³/mol. The summed E-state index contributed by atoms with van der Waals surface area (Å²) in [6.07, 6.45) is 11.0. The molecule has 1 fully saturated rings. The first-order chi connectivity index (χ1) is 14.6. The van der Waals surface area contributed by atoms with Crippen LogP contribution in [-0.2, 0) is 0 Å². The lowest BCUT2D eigenvalue weighted by molar-refractivity contribution is 0.283. The first-order valence-corrected chi connectivity index (χ1v) is 11.0. The van der Waals surface area contributed by atoms with Crippen molar-refractivity contribution in [3.05, 3.63) is 36.2 Å². The summed E-state index contributed by atoms with van der Waals surface area (Å²) in [4.78, 5) is 6.36.